The highest BCUT2D eigenvalue weighted by Gasteiger charge is 2.32. The number of pyridine rings is 1. The molecule has 0 unspecified atom stereocenters. The van der Waals surface area contributed by atoms with E-state index in [0.29, 0.717) is 42.5 Å². The standard InChI is InChI=1S/C25H27F3N6O4/c1-36-21-18(38-12-2-8-33-10-13-37-14-11-33)5-4-17-20(21)31-24(34-9-7-29-22(17)34)32-23(35)16-3-6-19(30-15-16)25(26,27)28/h3-6,15,29H,2,7-14H2,1H3. The number of halogens is 3. The zero-order valence-corrected chi connectivity index (χ0v) is 20.8. The van der Waals surface area contributed by atoms with Crippen molar-refractivity contribution in [3.63, 3.8) is 0 Å². The molecule has 2 aromatic heterocycles. The molecule has 38 heavy (non-hydrogen) atoms. The molecule has 3 aromatic rings. The van der Waals surface area contributed by atoms with Crippen molar-refractivity contribution in [2.45, 2.75) is 19.1 Å². The number of rotatable bonds is 7. The first-order valence-electron chi connectivity index (χ1n) is 12.3. The molecule has 5 rings (SSSR count). The van der Waals surface area contributed by atoms with Crippen molar-refractivity contribution in [1.82, 2.24) is 19.4 Å². The van der Waals surface area contributed by atoms with Crippen molar-refractivity contribution < 1.29 is 32.2 Å². The highest BCUT2D eigenvalue weighted by molar-refractivity contribution is 5.96. The van der Waals surface area contributed by atoms with Crippen molar-refractivity contribution in [2.24, 2.45) is 4.99 Å². The van der Waals surface area contributed by atoms with Crippen LogP contribution in [0.2, 0.25) is 0 Å². The van der Waals surface area contributed by atoms with Gasteiger partial charge in [-0.05, 0) is 30.7 Å². The predicted molar refractivity (Wildman–Crippen MR) is 131 cm³/mol. The van der Waals surface area contributed by atoms with Crippen LogP contribution in [0.15, 0.2) is 35.5 Å². The number of anilines is 1. The quantitative estimate of drug-likeness (QED) is 0.464. The molecular weight excluding hydrogens is 505 g/mol. The monoisotopic (exact) mass is 532 g/mol. The van der Waals surface area contributed by atoms with Crippen LogP contribution in [0.5, 0.6) is 11.5 Å². The van der Waals surface area contributed by atoms with Crippen LogP contribution < -0.4 is 20.4 Å². The largest absolute Gasteiger partial charge is 0.491 e. The van der Waals surface area contributed by atoms with Crippen LogP contribution in [-0.2, 0) is 17.5 Å². The van der Waals surface area contributed by atoms with Crippen molar-refractivity contribution in [3.05, 3.63) is 47.3 Å². The van der Waals surface area contributed by atoms with E-state index in [1.807, 2.05) is 12.1 Å². The van der Waals surface area contributed by atoms with E-state index in [2.05, 4.69) is 25.2 Å². The number of hydrogen-bond acceptors (Lipinski definition) is 8. The summed E-state index contributed by atoms with van der Waals surface area (Å²) in [5, 5.41) is 4.05. The van der Waals surface area contributed by atoms with Gasteiger partial charge in [0, 0.05) is 44.3 Å². The normalized spacial score (nSPS) is 16.4. The van der Waals surface area contributed by atoms with Crippen LogP contribution in [0.25, 0.3) is 10.9 Å². The topological polar surface area (TPSA) is 103 Å². The molecule has 1 aromatic carbocycles. The number of benzene rings is 1. The predicted octanol–water partition coefficient (Wildman–Crippen LogP) is 2.73. The average molecular weight is 533 g/mol. The van der Waals surface area contributed by atoms with Crippen molar-refractivity contribution >= 4 is 22.6 Å². The van der Waals surface area contributed by atoms with E-state index in [1.165, 1.54) is 7.11 Å². The van der Waals surface area contributed by atoms with E-state index in [9.17, 15) is 18.0 Å². The molecule has 1 amide bonds. The van der Waals surface area contributed by atoms with Gasteiger partial charge in [-0.25, -0.2) is 4.98 Å². The summed E-state index contributed by atoms with van der Waals surface area (Å²) in [5.74, 6) is 0.881. The Bertz CT molecular complexity index is 1390. The summed E-state index contributed by atoms with van der Waals surface area (Å²) in [6.07, 6.45) is -2.91. The average Bonchev–Trinajstić information content (AvgIpc) is 3.42. The van der Waals surface area contributed by atoms with Gasteiger partial charge in [-0.15, -0.1) is 0 Å². The fourth-order valence-corrected chi connectivity index (χ4v) is 4.48. The molecule has 1 saturated heterocycles. The second kappa shape index (κ2) is 11.0. The molecule has 13 heteroatoms. The van der Waals surface area contributed by atoms with Gasteiger partial charge in [0.1, 0.15) is 17.0 Å². The van der Waals surface area contributed by atoms with E-state index in [-0.39, 0.29) is 11.2 Å². The number of carbonyl (C=O) groups excluding carboxylic acids is 1. The fourth-order valence-electron chi connectivity index (χ4n) is 4.48. The zero-order valence-electron chi connectivity index (χ0n) is 20.8. The first kappa shape index (κ1) is 25.9. The van der Waals surface area contributed by atoms with E-state index in [4.69, 9.17) is 14.2 Å². The molecule has 1 N–H and O–H groups in total. The van der Waals surface area contributed by atoms with Gasteiger partial charge in [-0.2, -0.15) is 18.2 Å². The first-order valence-corrected chi connectivity index (χ1v) is 12.3. The summed E-state index contributed by atoms with van der Waals surface area (Å²) < 4.78 is 57.3. The molecule has 2 aliphatic rings. The van der Waals surface area contributed by atoms with Gasteiger partial charge in [0.2, 0.25) is 5.62 Å². The Balaban J connectivity index is 1.43. The SMILES string of the molecule is COc1c(OCCCN2CCOCC2)ccc2c3n(c(=NC(=O)c4ccc(C(F)(F)F)nc4)nc12)CCN3. The molecule has 0 atom stereocenters. The van der Waals surface area contributed by atoms with Crippen LogP contribution in [0.4, 0.5) is 19.0 Å². The van der Waals surface area contributed by atoms with E-state index in [0.717, 1.165) is 63.0 Å². The van der Waals surface area contributed by atoms with Gasteiger partial charge >= 0.3 is 6.18 Å². The summed E-state index contributed by atoms with van der Waals surface area (Å²) in [7, 11) is 1.51. The van der Waals surface area contributed by atoms with E-state index in [1.54, 1.807) is 4.57 Å². The van der Waals surface area contributed by atoms with Crippen LogP contribution in [0, 0.1) is 0 Å². The lowest BCUT2D eigenvalue weighted by Gasteiger charge is -2.26. The minimum atomic E-state index is -4.60. The van der Waals surface area contributed by atoms with Crippen LogP contribution in [0.3, 0.4) is 0 Å². The summed E-state index contributed by atoms with van der Waals surface area (Å²) in [6.45, 7) is 5.79. The smallest absolute Gasteiger partial charge is 0.433 e. The lowest BCUT2D eigenvalue weighted by molar-refractivity contribution is -0.141. The highest BCUT2D eigenvalue weighted by Crippen LogP contribution is 2.37. The summed E-state index contributed by atoms with van der Waals surface area (Å²) in [4.78, 5) is 27.2. The molecule has 0 bridgehead atoms. The van der Waals surface area contributed by atoms with Gasteiger partial charge < -0.3 is 19.5 Å². The maximum Gasteiger partial charge on any atom is 0.433 e. The minimum Gasteiger partial charge on any atom is -0.491 e. The molecule has 202 valence electrons. The first-order chi connectivity index (χ1) is 18.3. The maximum absolute atomic E-state index is 12.8. The minimum absolute atomic E-state index is 0.0791. The molecule has 2 aliphatic heterocycles. The molecule has 0 saturated carbocycles. The Morgan fingerprint density at radius 2 is 2.00 bits per heavy atom. The Hall–Kier alpha value is -3.71. The molecule has 4 heterocycles. The molecular formula is C25H27F3N6O4. The Morgan fingerprint density at radius 1 is 1.18 bits per heavy atom. The van der Waals surface area contributed by atoms with E-state index >= 15 is 0 Å². The summed E-state index contributed by atoms with van der Waals surface area (Å²) in [5.41, 5.74) is -0.606. The van der Waals surface area contributed by atoms with Gasteiger partial charge in [-0.1, -0.05) is 0 Å². The molecule has 1 fully saturated rings. The number of ether oxygens (including phenoxy) is 3. The second-order valence-electron chi connectivity index (χ2n) is 8.83. The van der Waals surface area contributed by atoms with Gasteiger partial charge in [0.15, 0.2) is 11.5 Å². The van der Waals surface area contributed by atoms with Crippen LogP contribution in [0.1, 0.15) is 22.5 Å². The Kier molecular flexibility index (Phi) is 7.47. The number of amides is 1. The number of methoxy groups -OCH3 is 1. The number of carbonyl (C=O) groups is 1. The lowest BCUT2D eigenvalue weighted by Crippen LogP contribution is -2.37. The number of fused-ring (bicyclic) bond motifs is 3. The summed E-state index contributed by atoms with van der Waals surface area (Å²) in [6, 6.07) is 5.50. The van der Waals surface area contributed by atoms with Gasteiger partial charge in [0.25, 0.3) is 5.91 Å². The number of aromatic nitrogens is 3. The number of hydrogen-bond donors (Lipinski definition) is 1. The van der Waals surface area contributed by atoms with Crippen molar-refractivity contribution in [1.29, 1.82) is 0 Å². The number of nitrogens with zero attached hydrogens (tertiary/aromatic N) is 5. The van der Waals surface area contributed by atoms with Crippen LogP contribution in [-0.4, -0.2) is 78.5 Å². The third-order valence-electron chi connectivity index (χ3n) is 6.39. The van der Waals surface area contributed by atoms with E-state index < -0.39 is 17.8 Å². The zero-order chi connectivity index (χ0) is 26.7. The Labute approximate surface area is 216 Å². The molecule has 0 radical (unpaired) electrons. The van der Waals surface area contributed by atoms with Crippen molar-refractivity contribution in [2.75, 3.05) is 58.4 Å². The third kappa shape index (κ3) is 5.43. The highest BCUT2D eigenvalue weighted by atomic mass is 19.4. The fraction of sp³-hybridized carbons (Fsp3) is 0.440. The number of morpholine rings is 1. The lowest BCUT2D eigenvalue weighted by atomic mass is 10.2. The summed E-state index contributed by atoms with van der Waals surface area (Å²) >= 11 is 0. The molecule has 10 nitrogen and oxygen atoms in total. The van der Waals surface area contributed by atoms with Gasteiger partial charge in [-0.3, -0.25) is 19.2 Å². The third-order valence-corrected chi connectivity index (χ3v) is 6.39. The maximum atomic E-state index is 12.8. The second-order valence-corrected chi connectivity index (χ2v) is 8.83. The molecule has 0 spiro atoms. The molecule has 0 aliphatic carbocycles. The Morgan fingerprint density at radius 3 is 2.71 bits per heavy atom. The number of alkyl halides is 3. The van der Waals surface area contributed by atoms with Crippen molar-refractivity contribution in [3.8, 4) is 11.5 Å². The van der Waals surface area contributed by atoms with Gasteiger partial charge in [0.05, 0.1) is 32.5 Å². The van der Waals surface area contributed by atoms with Crippen LogP contribution >= 0.6 is 0 Å². The number of nitrogens with one attached hydrogen (secondary N) is 1.